The summed E-state index contributed by atoms with van der Waals surface area (Å²) < 4.78 is 14.6. The van der Waals surface area contributed by atoms with Crippen LogP contribution in [0.2, 0.25) is 0 Å². The predicted molar refractivity (Wildman–Crippen MR) is 159 cm³/mol. The molecule has 0 bridgehead atoms. The monoisotopic (exact) mass is 558 g/mol. The molecule has 9 heteroatoms. The van der Waals surface area contributed by atoms with Gasteiger partial charge >= 0.3 is 0 Å². The molecule has 3 atom stereocenters. The Kier molecular flexibility index (Phi) is 7.17. The molecular formula is C32H43FN8. The van der Waals surface area contributed by atoms with E-state index in [0.717, 1.165) is 94.1 Å². The smallest absolute Gasteiger partial charge is 0.136 e. The van der Waals surface area contributed by atoms with Crippen molar-refractivity contribution in [3.05, 3.63) is 58.3 Å². The highest BCUT2D eigenvalue weighted by Gasteiger charge is 2.41. The number of rotatable bonds is 2. The molecule has 41 heavy (non-hydrogen) atoms. The largest absolute Gasteiger partial charge is 0.399 e. The molecule has 2 saturated heterocycles. The number of hydrogen-bond acceptors (Lipinski definition) is 7. The summed E-state index contributed by atoms with van der Waals surface area (Å²) in [6.07, 6.45) is 13.4. The van der Waals surface area contributed by atoms with Gasteiger partial charge in [-0.1, -0.05) is 18.2 Å². The second kappa shape index (κ2) is 11.0. The summed E-state index contributed by atoms with van der Waals surface area (Å²) in [6, 6.07) is 7.16. The molecular weight excluding hydrogens is 515 g/mol. The number of aryl methyl sites for hydroxylation is 3. The van der Waals surface area contributed by atoms with Crippen molar-refractivity contribution >= 4 is 11.5 Å². The molecule has 0 amide bonds. The Morgan fingerprint density at radius 3 is 2.88 bits per heavy atom. The number of benzene rings is 1. The van der Waals surface area contributed by atoms with Crippen molar-refractivity contribution in [3.63, 3.8) is 0 Å². The third kappa shape index (κ3) is 5.11. The first-order valence-corrected chi connectivity index (χ1v) is 15.8. The average Bonchev–Trinajstić information content (AvgIpc) is 3.66. The summed E-state index contributed by atoms with van der Waals surface area (Å²) in [5.74, 6) is 2.09. The third-order valence-electron chi connectivity index (χ3n) is 10.2. The average molecular weight is 559 g/mol. The maximum atomic E-state index is 12.6. The van der Waals surface area contributed by atoms with E-state index in [1.807, 2.05) is 10.9 Å². The van der Waals surface area contributed by atoms with Crippen molar-refractivity contribution in [2.45, 2.75) is 108 Å². The van der Waals surface area contributed by atoms with Gasteiger partial charge < -0.3 is 10.6 Å². The van der Waals surface area contributed by atoms with E-state index in [1.165, 1.54) is 48.1 Å². The Morgan fingerprint density at radius 1 is 1.07 bits per heavy atom. The first-order chi connectivity index (χ1) is 20.0. The van der Waals surface area contributed by atoms with E-state index >= 15 is 0 Å². The highest BCUT2D eigenvalue weighted by Crippen LogP contribution is 2.48. The zero-order valence-electron chi connectivity index (χ0n) is 24.4. The van der Waals surface area contributed by atoms with Gasteiger partial charge in [0, 0.05) is 48.8 Å². The minimum absolute atomic E-state index is 0.161. The topological polar surface area (TPSA) is 89.0 Å². The Balaban J connectivity index is 0.000000260. The van der Waals surface area contributed by atoms with Gasteiger partial charge in [-0.25, -0.2) is 19.0 Å². The second-order valence-electron chi connectivity index (χ2n) is 12.8. The lowest BCUT2D eigenvalue weighted by Crippen LogP contribution is -2.39. The molecule has 1 spiro atoms. The highest BCUT2D eigenvalue weighted by molar-refractivity contribution is 5.55. The van der Waals surface area contributed by atoms with Gasteiger partial charge in [-0.3, -0.25) is 4.90 Å². The third-order valence-corrected chi connectivity index (χ3v) is 10.2. The molecule has 3 aliphatic heterocycles. The van der Waals surface area contributed by atoms with Crippen molar-refractivity contribution in [2.75, 3.05) is 30.3 Å². The number of anilines is 2. The molecule has 2 fully saturated rings. The minimum atomic E-state index is -0.518. The maximum Gasteiger partial charge on any atom is 0.136 e. The molecule has 218 valence electrons. The number of aromatic nitrogens is 5. The Hall–Kier alpha value is -3.07. The summed E-state index contributed by atoms with van der Waals surface area (Å²) in [4.78, 5) is 14.9. The number of alkyl halides is 1. The highest BCUT2D eigenvalue weighted by atomic mass is 19.1. The van der Waals surface area contributed by atoms with Crippen LogP contribution in [0, 0.1) is 0 Å². The molecule has 0 saturated carbocycles. The molecule has 1 aromatic carbocycles. The van der Waals surface area contributed by atoms with Gasteiger partial charge in [-0.05, 0) is 94.0 Å². The van der Waals surface area contributed by atoms with Gasteiger partial charge in [0.2, 0.25) is 0 Å². The van der Waals surface area contributed by atoms with E-state index in [4.69, 9.17) is 15.7 Å². The molecule has 5 aliphatic rings. The maximum absolute atomic E-state index is 12.6. The molecule has 5 heterocycles. The number of fused-ring (bicyclic) bond motifs is 5. The Labute approximate surface area is 242 Å². The van der Waals surface area contributed by atoms with Crippen molar-refractivity contribution < 1.29 is 4.39 Å². The van der Waals surface area contributed by atoms with Crippen molar-refractivity contribution in [2.24, 2.45) is 0 Å². The fourth-order valence-electron chi connectivity index (χ4n) is 8.15. The van der Waals surface area contributed by atoms with Gasteiger partial charge in [0.25, 0.3) is 0 Å². The Morgan fingerprint density at radius 2 is 2.00 bits per heavy atom. The van der Waals surface area contributed by atoms with Crippen LogP contribution in [-0.4, -0.2) is 61.7 Å². The lowest BCUT2D eigenvalue weighted by molar-refractivity contribution is 0.292. The number of nitrogens with zero attached hydrogens (tertiary/aromatic N) is 7. The number of nitrogen functional groups attached to an aromatic ring is 1. The molecule has 3 unspecified atom stereocenters. The van der Waals surface area contributed by atoms with Crippen molar-refractivity contribution in [3.8, 4) is 0 Å². The first-order valence-electron chi connectivity index (χ1n) is 15.8. The van der Waals surface area contributed by atoms with E-state index in [1.54, 1.807) is 0 Å². The summed E-state index contributed by atoms with van der Waals surface area (Å²) in [6.45, 7) is 6.73. The molecule has 2 N–H and O–H groups in total. The number of halogens is 1. The Bertz CT molecular complexity index is 1390. The second-order valence-corrected chi connectivity index (χ2v) is 12.8. The zero-order chi connectivity index (χ0) is 28.0. The molecule has 3 aromatic rings. The van der Waals surface area contributed by atoms with Crippen LogP contribution in [-0.2, 0) is 44.2 Å². The van der Waals surface area contributed by atoms with Crippen LogP contribution in [0.4, 0.5) is 15.9 Å². The van der Waals surface area contributed by atoms with E-state index in [-0.39, 0.29) is 5.41 Å². The number of hydrogen-bond donors (Lipinski definition) is 1. The van der Waals surface area contributed by atoms with E-state index in [9.17, 15) is 4.39 Å². The summed E-state index contributed by atoms with van der Waals surface area (Å²) in [7, 11) is 0. The van der Waals surface area contributed by atoms with Crippen molar-refractivity contribution in [1.82, 2.24) is 29.9 Å². The molecule has 8 rings (SSSR count). The van der Waals surface area contributed by atoms with E-state index < -0.39 is 6.17 Å². The van der Waals surface area contributed by atoms with Gasteiger partial charge in [0.1, 0.15) is 17.8 Å². The fourth-order valence-corrected chi connectivity index (χ4v) is 8.15. The van der Waals surface area contributed by atoms with Crippen LogP contribution in [0.3, 0.4) is 0 Å². The predicted octanol–water partition coefficient (Wildman–Crippen LogP) is 4.58. The van der Waals surface area contributed by atoms with Crippen LogP contribution >= 0.6 is 0 Å². The van der Waals surface area contributed by atoms with Crippen LogP contribution in [0.15, 0.2) is 24.4 Å². The van der Waals surface area contributed by atoms with Crippen molar-refractivity contribution in [1.29, 1.82) is 0 Å². The van der Waals surface area contributed by atoms with Gasteiger partial charge in [-0.2, -0.15) is 0 Å². The summed E-state index contributed by atoms with van der Waals surface area (Å²) in [5, 5.41) is 8.37. The van der Waals surface area contributed by atoms with E-state index in [2.05, 4.69) is 45.2 Å². The standard InChI is InChI=1S/C25H31N7.C7H12FN/c1-2-23-28-22-14-25(9-3-5-17-6-7-18(26)13-21(17)25)10-8-20(22)24(29-23)31-11-4-12-32-19(16-31)15-27-30-32;8-6-4-7-2-1-3-9(7)5-6/h6-7,13,15H,2-5,8-12,14,16,26H2,1H3;6-7H,1-5H2. The molecule has 2 aromatic heterocycles. The SMILES string of the molecule is CCc1nc2c(c(N3CCCn4nncc4C3)n1)CCC1(CCCc3ccc(N)cc31)C2.FC1CC2CCCN2C1. The molecule has 2 aliphatic carbocycles. The van der Waals surface area contributed by atoms with Gasteiger partial charge in [0.05, 0.1) is 24.1 Å². The first kappa shape index (κ1) is 26.8. The molecule has 8 nitrogen and oxygen atoms in total. The minimum Gasteiger partial charge on any atom is -0.399 e. The zero-order valence-corrected chi connectivity index (χ0v) is 24.4. The molecule has 0 radical (unpaired) electrons. The van der Waals surface area contributed by atoms with Gasteiger partial charge in [-0.15, -0.1) is 5.10 Å². The lowest BCUT2D eigenvalue weighted by Gasteiger charge is -2.43. The van der Waals surface area contributed by atoms with Crippen LogP contribution < -0.4 is 10.6 Å². The van der Waals surface area contributed by atoms with Crippen LogP contribution in [0.5, 0.6) is 0 Å². The summed E-state index contributed by atoms with van der Waals surface area (Å²) >= 11 is 0. The van der Waals surface area contributed by atoms with Crippen LogP contribution in [0.25, 0.3) is 0 Å². The van der Waals surface area contributed by atoms with E-state index in [0.29, 0.717) is 12.6 Å². The fraction of sp³-hybridized carbons (Fsp3) is 0.625. The normalized spacial score (nSPS) is 26.9. The van der Waals surface area contributed by atoms with Crippen LogP contribution in [0.1, 0.15) is 85.8 Å². The number of nitrogens with two attached hydrogens (primary N) is 1. The summed E-state index contributed by atoms with van der Waals surface area (Å²) in [5.41, 5.74) is 14.0. The van der Waals surface area contributed by atoms with Gasteiger partial charge in [0.15, 0.2) is 0 Å². The lowest BCUT2D eigenvalue weighted by atomic mass is 9.62. The quantitative estimate of drug-likeness (QED) is 0.461.